The molecule has 1 aliphatic rings. The number of benzene rings is 1. The third-order valence-corrected chi connectivity index (χ3v) is 3.13. The van der Waals surface area contributed by atoms with Crippen molar-refractivity contribution in [2.24, 2.45) is 5.92 Å². The highest BCUT2D eigenvalue weighted by Gasteiger charge is 2.21. The maximum absolute atomic E-state index is 11.9. The van der Waals surface area contributed by atoms with E-state index in [1.54, 1.807) is 6.07 Å². The van der Waals surface area contributed by atoms with Crippen LogP contribution in [0.15, 0.2) is 24.3 Å². The summed E-state index contributed by atoms with van der Waals surface area (Å²) in [6.07, 6.45) is 2.00. The fraction of sp³-hybridized carbons (Fsp3) is 0.417. The topological polar surface area (TPSA) is 41.1 Å². The van der Waals surface area contributed by atoms with Gasteiger partial charge in [-0.3, -0.25) is 4.79 Å². The van der Waals surface area contributed by atoms with Crippen molar-refractivity contribution in [1.29, 1.82) is 0 Å². The first kappa shape index (κ1) is 11.4. The van der Waals surface area contributed by atoms with Crippen LogP contribution >= 0.6 is 11.6 Å². The SMILES string of the molecule is O=C(Nc1ccccc1Cl)[C@@H]1CCCNC1. The van der Waals surface area contributed by atoms with E-state index in [9.17, 15) is 4.79 Å². The molecule has 0 saturated carbocycles. The number of nitrogens with one attached hydrogen (secondary N) is 2. The molecule has 0 spiro atoms. The Hall–Kier alpha value is -1.06. The second-order valence-electron chi connectivity index (χ2n) is 4.01. The maximum atomic E-state index is 11.9. The Labute approximate surface area is 100 Å². The minimum absolute atomic E-state index is 0.0558. The number of anilines is 1. The van der Waals surface area contributed by atoms with Gasteiger partial charge in [-0.05, 0) is 31.5 Å². The number of rotatable bonds is 2. The highest BCUT2D eigenvalue weighted by atomic mass is 35.5. The van der Waals surface area contributed by atoms with E-state index < -0.39 is 0 Å². The quantitative estimate of drug-likeness (QED) is 0.830. The first-order valence-electron chi connectivity index (χ1n) is 5.53. The average molecular weight is 239 g/mol. The first-order chi connectivity index (χ1) is 7.77. The van der Waals surface area contributed by atoms with Crippen LogP contribution in [0.5, 0.6) is 0 Å². The zero-order valence-corrected chi connectivity index (χ0v) is 9.76. The molecule has 86 valence electrons. The van der Waals surface area contributed by atoms with Crippen molar-refractivity contribution in [2.45, 2.75) is 12.8 Å². The number of piperidine rings is 1. The van der Waals surface area contributed by atoms with Crippen molar-refractivity contribution in [1.82, 2.24) is 5.32 Å². The number of hydrogen-bond acceptors (Lipinski definition) is 2. The Morgan fingerprint density at radius 1 is 1.44 bits per heavy atom. The van der Waals surface area contributed by atoms with E-state index in [1.807, 2.05) is 18.2 Å². The van der Waals surface area contributed by atoms with Gasteiger partial charge in [0.1, 0.15) is 0 Å². The van der Waals surface area contributed by atoms with Gasteiger partial charge in [0.25, 0.3) is 0 Å². The van der Waals surface area contributed by atoms with Gasteiger partial charge in [0.15, 0.2) is 0 Å². The number of carbonyl (C=O) groups excluding carboxylic acids is 1. The minimum atomic E-state index is 0.0558. The van der Waals surface area contributed by atoms with Crippen LogP contribution in [0.25, 0.3) is 0 Å². The lowest BCUT2D eigenvalue weighted by Crippen LogP contribution is -2.37. The number of para-hydroxylation sites is 1. The van der Waals surface area contributed by atoms with Crippen molar-refractivity contribution in [3.05, 3.63) is 29.3 Å². The van der Waals surface area contributed by atoms with Crippen LogP contribution in [0.1, 0.15) is 12.8 Å². The lowest BCUT2D eigenvalue weighted by molar-refractivity contribution is -0.120. The van der Waals surface area contributed by atoms with Crippen LogP contribution in [-0.4, -0.2) is 19.0 Å². The van der Waals surface area contributed by atoms with E-state index >= 15 is 0 Å². The molecule has 0 radical (unpaired) electrons. The molecule has 0 bridgehead atoms. The highest BCUT2D eigenvalue weighted by Crippen LogP contribution is 2.22. The summed E-state index contributed by atoms with van der Waals surface area (Å²) in [5.41, 5.74) is 0.694. The standard InChI is InChI=1S/C12H15ClN2O/c13-10-5-1-2-6-11(10)15-12(16)9-4-3-7-14-8-9/h1-2,5-6,9,14H,3-4,7-8H2,(H,15,16)/t9-/m1/s1. The molecule has 1 aromatic carbocycles. The summed E-state index contributed by atoms with van der Waals surface area (Å²) in [6, 6.07) is 7.30. The van der Waals surface area contributed by atoms with Crippen molar-refractivity contribution in [3.8, 4) is 0 Å². The summed E-state index contributed by atoms with van der Waals surface area (Å²) in [5, 5.41) is 6.67. The Bertz CT molecular complexity index is 375. The highest BCUT2D eigenvalue weighted by molar-refractivity contribution is 6.33. The van der Waals surface area contributed by atoms with E-state index in [4.69, 9.17) is 11.6 Å². The van der Waals surface area contributed by atoms with Gasteiger partial charge < -0.3 is 10.6 Å². The van der Waals surface area contributed by atoms with E-state index in [-0.39, 0.29) is 11.8 Å². The van der Waals surface area contributed by atoms with Gasteiger partial charge in [0, 0.05) is 6.54 Å². The van der Waals surface area contributed by atoms with Crippen LogP contribution in [0.4, 0.5) is 5.69 Å². The van der Waals surface area contributed by atoms with Gasteiger partial charge in [-0.2, -0.15) is 0 Å². The Balaban J connectivity index is 1.99. The summed E-state index contributed by atoms with van der Waals surface area (Å²) in [4.78, 5) is 11.9. The van der Waals surface area contributed by atoms with E-state index in [1.165, 1.54) is 0 Å². The molecule has 1 saturated heterocycles. The Morgan fingerprint density at radius 2 is 2.25 bits per heavy atom. The van der Waals surface area contributed by atoms with E-state index in [0.29, 0.717) is 10.7 Å². The molecule has 2 N–H and O–H groups in total. The molecule has 2 rings (SSSR count). The minimum Gasteiger partial charge on any atom is -0.324 e. The normalized spacial score (nSPS) is 20.4. The van der Waals surface area contributed by atoms with Gasteiger partial charge in [-0.15, -0.1) is 0 Å². The number of amides is 1. The lowest BCUT2D eigenvalue weighted by atomic mass is 9.99. The summed E-state index contributed by atoms with van der Waals surface area (Å²) >= 11 is 5.98. The largest absolute Gasteiger partial charge is 0.324 e. The fourth-order valence-electron chi connectivity index (χ4n) is 1.87. The average Bonchev–Trinajstić information content (AvgIpc) is 2.33. The Morgan fingerprint density at radius 3 is 2.94 bits per heavy atom. The predicted octanol–water partition coefficient (Wildman–Crippen LogP) is 2.28. The molecule has 0 aliphatic carbocycles. The molecule has 1 aromatic rings. The molecule has 4 heteroatoms. The third kappa shape index (κ3) is 2.74. The van der Waals surface area contributed by atoms with Gasteiger partial charge in [0.2, 0.25) is 5.91 Å². The molecular weight excluding hydrogens is 224 g/mol. The molecule has 16 heavy (non-hydrogen) atoms. The first-order valence-corrected chi connectivity index (χ1v) is 5.91. The van der Waals surface area contributed by atoms with Gasteiger partial charge in [0.05, 0.1) is 16.6 Å². The molecule has 0 unspecified atom stereocenters. The number of hydrogen-bond donors (Lipinski definition) is 2. The second kappa shape index (κ2) is 5.32. The van der Waals surface area contributed by atoms with E-state index in [2.05, 4.69) is 10.6 Å². The molecule has 1 amide bonds. The molecule has 1 fully saturated rings. The number of halogens is 1. The summed E-state index contributed by atoms with van der Waals surface area (Å²) in [5.74, 6) is 0.116. The van der Waals surface area contributed by atoms with E-state index in [0.717, 1.165) is 25.9 Å². The van der Waals surface area contributed by atoms with Crippen LogP contribution < -0.4 is 10.6 Å². The molecule has 0 aromatic heterocycles. The summed E-state index contributed by atoms with van der Waals surface area (Å²) < 4.78 is 0. The zero-order valence-electron chi connectivity index (χ0n) is 9.00. The molecule has 3 nitrogen and oxygen atoms in total. The zero-order chi connectivity index (χ0) is 11.4. The molecule has 1 aliphatic heterocycles. The molecule has 1 heterocycles. The lowest BCUT2D eigenvalue weighted by Gasteiger charge is -2.22. The van der Waals surface area contributed by atoms with Crippen LogP contribution in [0.2, 0.25) is 5.02 Å². The van der Waals surface area contributed by atoms with Crippen LogP contribution in [0.3, 0.4) is 0 Å². The van der Waals surface area contributed by atoms with Gasteiger partial charge >= 0.3 is 0 Å². The third-order valence-electron chi connectivity index (χ3n) is 2.80. The van der Waals surface area contributed by atoms with Crippen molar-refractivity contribution in [3.63, 3.8) is 0 Å². The van der Waals surface area contributed by atoms with Crippen molar-refractivity contribution < 1.29 is 4.79 Å². The monoisotopic (exact) mass is 238 g/mol. The predicted molar refractivity (Wildman–Crippen MR) is 65.7 cm³/mol. The van der Waals surface area contributed by atoms with Gasteiger partial charge in [-0.1, -0.05) is 23.7 Å². The second-order valence-corrected chi connectivity index (χ2v) is 4.42. The maximum Gasteiger partial charge on any atom is 0.228 e. The smallest absolute Gasteiger partial charge is 0.228 e. The molecule has 1 atom stereocenters. The molecular formula is C12H15ClN2O. The summed E-state index contributed by atoms with van der Waals surface area (Å²) in [7, 11) is 0. The van der Waals surface area contributed by atoms with Crippen LogP contribution in [-0.2, 0) is 4.79 Å². The fourth-order valence-corrected chi connectivity index (χ4v) is 2.06. The van der Waals surface area contributed by atoms with Crippen LogP contribution in [0, 0.1) is 5.92 Å². The van der Waals surface area contributed by atoms with Crippen molar-refractivity contribution >= 4 is 23.2 Å². The van der Waals surface area contributed by atoms with Gasteiger partial charge in [-0.25, -0.2) is 0 Å². The number of carbonyl (C=O) groups is 1. The van der Waals surface area contributed by atoms with Crippen molar-refractivity contribution in [2.75, 3.05) is 18.4 Å². The summed E-state index contributed by atoms with van der Waals surface area (Å²) in [6.45, 7) is 1.77. The Kier molecular flexibility index (Phi) is 3.80.